The number of anilines is 2. The molecule has 0 aliphatic carbocycles. The minimum Gasteiger partial charge on any atom is -0.366 e. The van der Waals surface area contributed by atoms with Crippen molar-refractivity contribution < 1.29 is 0 Å². The Morgan fingerprint density at radius 1 is 0.947 bits per heavy atom. The number of nitrogens with zero attached hydrogens (tertiary/aromatic N) is 3. The SMILES string of the molecule is C=C(CC)Nc1cccc(CNc2cc(-c3ccccc3C)nc3c(PC)cnn23)c1.Cc1ccccc1. The maximum atomic E-state index is 4.96. The van der Waals surface area contributed by atoms with Gasteiger partial charge in [0, 0.05) is 34.9 Å². The predicted molar refractivity (Wildman–Crippen MR) is 165 cm³/mol. The second-order valence-corrected chi connectivity index (χ2v) is 10.2. The first kappa shape index (κ1) is 27.1. The molecular weight excluding hydrogens is 485 g/mol. The zero-order valence-electron chi connectivity index (χ0n) is 22.6. The van der Waals surface area contributed by atoms with E-state index >= 15 is 0 Å². The minimum absolute atomic E-state index is 0.636. The van der Waals surface area contributed by atoms with Crippen molar-refractivity contribution in [2.75, 3.05) is 17.3 Å². The van der Waals surface area contributed by atoms with Gasteiger partial charge in [0.05, 0.1) is 11.9 Å². The number of benzene rings is 3. The third-order valence-electron chi connectivity index (χ3n) is 6.25. The largest absolute Gasteiger partial charge is 0.366 e. The number of allylic oxidation sites excluding steroid dienone is 1. The molecule has 0 saturated carbocycles. The lowest BCUT2D eigenvalue weighted by Crippen LogP contribution is -2.08. The molecule has 2 N–H and O–H groups in total. The third-order valence-corrected chi connectivity index (χ3v) is 7.14. The Kier molecular flexibility index (Phi) is 9.29. The summed E-state index contributed by atoms with van der Waals surface area (Å²) in [4.78, 5) is 4.96. The van der Waals surface area contributed by atoms with Gasteiger partial charge in [0.15, 0.2) is 5.65 Å². The van der Waals surface area contributed by atoms with Gasteiger partial charge in [0.25, 0.3) is 0 Å². The van der Waals surface area contributed by atoms with Gasteiger partial charge >= 0.3 is 0 Å². The second-order valence-electron chi connectivity index (χ2n) is 9.18. The first-order valence-corrected chi connectivity index (χ1v) is 14.4. The molecule has 2 heterocycles. The van der Waals surface area contributed by atoms with Crippen molar-refractivity contribution in [3.05, 3.63) is 120 Å². The van der Waals surface area contributed by atoms with E-state index in [1.165, 1.54) is 22.0 Å². The molecule has 5 rings (SSSR count). The maximum absolute atomic E-state index is 4.96. The van der Waals surface area contributed by atoms with E-state index in [0.717, 1.165) is 40.5 Å². The van der Waals surface area contributed by atoms with E-state index in [-0.39, 0.29) is 0 Å². The number of hydrogen-bond acceptors (Lipinski definition) is 4. The van der Waals surface area contributed by atoms with Crippen LogP contribution in [0.3, 0.4) is 0 Å². The summed E-state index contributed by atoms with van der Waals surface area (Å²) in [5.74, 6) is 0.934. The van der Waals surface area contributed by atoms with Gasteiger partial charge in [-0.25, -0.2) is 4.98 Å². The van der Waals surface area contributed by atoms with Gasteiger partial charge in [-0.15, -0.1) is 0 Å². The molecule has 0 radical (unpaired) electrons. The minimum atomic E-state index is 0.636. The Hall–Kier alpha value is -3.95. The molecule has 0 bridgehead atoms. The maximum Gasteiger partial charge on any atom is 0.165 e. The van der Waals surface area contributed by atoms with E-state index in [9.17, 15) is 0 Å². The fourth-order valence-electron chi connectivity index (χ4n) is 4.04. The first-order valence-electron chi connectivity index (χ1n) is 12.9. The van der Waals surface area contributed by atoms with Gasteiger partial charge in [-0.05, 0) is 50.2 Å². The zero-order chi connectivity index (χ0) is 26.9. The highest BCUT2D eigenvalue weighted by Gasteiger charge is 2.13. The Morgan fingerprint density at radius 2 is 1.71 bits per heavy atom. The molecule has 2 aromatic heterocycles. The fraction of sp³-hybridized carbons (Fsp3) is 0.188. The molecule has 38 heavy (non-hydrogen) atoms. The number of aromatic nitrogens is 3. The standard InChI is InChI=1S/C25H28N5P.C7H8/c1-5-18(3)28-20-11-8-10-19(13-20)15-26-24-14-22(21-12-7-6-9-17(21)2)29-25-23(31-4)16-27-30(24)25;1-7-5-3-2-4-6-7/h6-14,16,26,28,31H,3,5,15H2,1-2,4H3;2-6H,1H3. The Bertz CT molecular complexity index is 1510. The molecule has 1 atom stereocenters. The van der Waals surface area contributed by atoms with Crippen LogP contribution in [0.15, 0.2) is 103 Å². The quantitative estimate of drug-likeness (QED) is 0.207. The predicted octanol–water partition coefficient (Wildman–Crippen LogP) is 7.58. The van der Waals surface area contributed by atoms with Gasteiger partial charge in [-0.3, -0.25) is 0 Å². The highest BCUT2D eigenvalue weighted by Crippen LogP contribution is 2.26. The molecule has 0 aliphatic rings. The molecule has 3 aromatic carbocycles. The lowest BCUT2D eigenvalue weighted by atomic mass is 10.1. The van der Waals surface area contributed by atoms with Gasteiger partial charge in [-0.1, -0.05) is 94.4 Å². The summed E-state index contributed by atoms with van der Waals surface area (Å²) in [5, 5.41) is 12.7. The van der Waals surface area contributed by atoms with Crippen molar-refractivity contribution in [1.29, 1.82) is 0 Å². The van der Waals surface area contributed by atoms with Gasteiger partial charge in [-0.2, -0.15) is 9.61 Å². The molecule has 5 aromatic rings. The van der Waals surface area contributed by atoms with E-state index in [1.54, 1.807) is 0 Å². The van der Waals surface area contributed by atoms with Crippen molar-refractivity contribution in [3.8, 4) is 11.3 Å². The van der Waals surface area contributed by atoms with Crippen LogP contribution >= 0.6 is 8.58 Å². The smallest absolute Gasteiger partial charge is 0.165 e. The van der Waals surface area contributed by atoms with E-state index in [1.807, 2.05) is 28.9 Å². The summed E-state index contributed by atoms with van der Waals surface area (Å²) in [6.45, 7) is 13.2. The van der Waals surface area contributed by atoms with E-state index in [0.29, 0.717) is 15.1 Å². The van der Waals surface area contributed by atoms with Crippen LogP contribution in [0.2, 0.25) is 0 Å². The number of fused-ring (bicyclic) bond motifs is 1. The van der Waals surface area contributed by atoms with Crippen LogP contribution in [0, 0.1) is 13.8 Å². The summed E-state index contributed by atoms with van der Waals surface area (Å²) in [5.41, 5.74) is 8.79. The van der Waals surface area contributed by atoms with Crippen molar-refractivity contribution in [1.82, 2.24) is 14.6 Å². The average Bonchev–Trinajstić information content (AvgIpc) is 3.36. The third kappa shape index (κ3) is 6.87. The normalized spacial score (nSPS) is 10.8. The highest BCUT2D eigenvalue weighted by molar-refractivity contribution is 7.46. The van der Waals surface area contributed by atoms with Gasteiger partial charge < -0.3 is 10.6 Å². The second kappa shape index (κ2) is 13.0. The summed E-state index contributed by atoms with van der Waals surface area (Å²) in [6, 6.07) is 29.1. The Labute approximate surface area is 227 Å². The van der Waals surface area contributed by atoms with Crippen LogP contribution < -0.4 is 15.9 Å². The molecule has 0 saturated heterocycles. The van der Waals surface area contributed by atoms with Crippen LogP contribution in [-0.4, -0.2) is 21.3 Å². The fourth-order valence-corrected chi connectivity index (χ4v) is 4.61. The van der Waals surface area contributed by atoms with E-state index < -0.39 is 0 Å². The van der Waals surface area contributed by atoms with Gasteiger partial charge in [0.1, 0.15) is 5.82 Å². The van der Waals surface area contributed by atoms with Gasteiger partial charge in [0.2, 0.25) is 0 Å². The molecule has 0 spiro atoms. The Balaban J connectivity index is 0.000000417. The number of rotatable bonds is 8. The summed E-state index contributed by atoms with van der Waals surface area (Å²) in [7, 11) is 0.636. The van der Waals surface area contributed by atoms with Crippen molar-refractivity contribution >= 4 is 31.0 Å². The van der Waals surface area contributed by atoms with E-state index in [2.05, 4.69) is 116 Å². The molecule has 0 amide bonds. The summed E-state index contributed by atoms with van der Waals surface area (Å²) in [6.07, 6.45) is 2.83. The molecular formula is C32H36N5P. The Morgan fingerprint density at radius 3 is 2.39 bits per heavy atom. The van der Waals surface area contributed by atoms with Crippen LogP contribution in [0.1, 0.15) is 30.0 Å². The monoisotopic (exact) mass is 521 g/mol. The lowest BCUT2D eigenvalue weighted by molar-refractivity contribution is 0.926. The summed E-state index contributed by atoms with van der Waals surface area (Å²) < 4.78 is 1.91. The van der Waals surface area contributed by atoms with Crippen LogP contribution in [-0.2, 0) is 6.54 Å². The lowest BCUT2D eigenvalue weighted by Gasteiger charge is -2.13. The van der Waals surface area contributed by atoms with Crippen molar-refractivity contribution in [3.63, 3.8) is 0 Å². The first-order chi connectivity index (χ1) is 18.5. The number of nitrogens with one attached hydrogen (secondary N) is 2. The van der Waals surface area contributed by atoms with Crippen LogP contribution in [0.5, 0.6) is 0 Å². The molecule has 0 fully saturated rings. The zero-order valence-corrected chi connectivity index (χ0v) is 23.6. The molecule has 194 valence electrons. The highest BCUT2D eigenvalue weighted by atomic mass is 31.1. The van der Waals surface area contributed by atoms with Crippen LogP contribution in [0.25, 0.3) is 16.9 Å². The van der Waals surface area contributed by atoms with E-state index in [4.69, 9.17) is 4.98 Å². The average molecular weight is 522 g/mol. The summed E-state index contributed by atoms with van der Waals surface area (Å²) >= 11 is 0. The topological polar surface area (TPSA) is 54.2 Å². The van der Waals surface area contributed by atoms with Crippen molar-refractivity contribution in [2.45, 2.75) is 33.7 Å². The van der Waals surface area contributed by atoms with Crippen molar-refractivity contribution in [2.24, 2.45) is 0 Å². The number of aryl methyl sites for hydroxylation is 2. The number of hydrogen-bond donors (Lipinski definition) is 2. The molecule has 6 heteroatoms. The molecule has 0 aliphatic heterocycles. The molecule has 1 unspecified atom stereocenters. The van der Waals surface area contributed by atoms with Crippen LogP contribution in [0.4, 0.5) is 11.5 Å². The molecule has 5 nitrogen and oxygen atoms in total.